The van der Waals surface area contributed by atoms with E-state index < -0.39 is 0 Å². The zero-order chi connectivity index (χ0) is 9.86. The fraction of sp³-hybridized carbons (Fsp3) is 0.909. The third-order valence-electron chi connectivity index (χ3n) is 3.49. The maximum atomic E-state index is 8.57. The Labute approximate surface area is 85.0 Å². The van der Waals surface area contributed by atoms with Crippen molar-refractivity contribution in [3.8, 4) is 6.07 Å². The molecule has 0 aromatic carbocycles. The summed E-state index contributed by atoms with van der Waals surface area (Å²) in [6, 6.07) is 2.18. The van der Waals surface area contributed by atoms with Crippen molar-refractivity contribution in [2.75, 3.05) is 19.8 Å². The molecule has 1 unspecified atom stereocenters. The molecule has 2 aliphatic heterocycles. The van der Waals surface area contributed by atoms with Crippen molar-refractivity contribution in [3.05, 3.63) is 0 Å². The lowest BCUT2D eigenvalue weighted by Gasteiger charge is -2.42. The van der Waals surface area contributed by atoms with Crippen LogP contribution in [-0.4, -0.2) is 25.9 Å². The molecule has 1 atom stereocenters. The van der Waals surface area contributed by atoms with Gasteiger partial charge in [-0.15, -0.1) is 0 Å². The van der Waals surface area contributed by atoms with Gasteiger partial charge in [0.2, 0.25) is 0 Å². The molecule has 2 aliphatic rings. The van der Waals surface area contributed by atoms with Crippen LogP contribution in [0.2, 0.25) is 0 Å². The Morgan fingerprint density at radius 2 is 2.07 bits per heavy atom. The van der Waals surface area contributed by atoms with Crippen LogP contribution in [-0.2, 0) is 9.47 Å². The van der Waals surface area contributed by atoms with Crippen LogP contribution in [0.4, 0.5) is 0 Å². The van der Waals surface area contributed by atoms with Crippen LogP contribution in [0.25, 0.3) is 0 Å². The summed E-state index contributed by atoms with van der Waals surface area (Å²) in [5.74, 6) is 0. The largest absolute Gasteiger partial charge is 0.381 e. The van der Waals surface area contributed by atoms with Crippen molar-refractivity contribution >= 4 is 0 Å². The molecule has 1 spiro atoms. The second kappa shape index (κ2) is 4.29. The first-order valence-corrected chi connectivity index (χ1v) is 5.41. The first-order valence-electron chi connectivity index (χ1n) is 5.41. The molecule has 0 N–H and O–H groups in total. The Bertz CT molecular complexity index is 218. The Morgan fingerprint density at radius 1 is 1.29 bits per heavy atom. The molecule has 3 heteroatoms. The highest BCUT2D eigenvalue weighted by Gasteiger charge is 2.37. The van der Waals surface area contributed by atoms with Gasteiger partial charge in [0, 0.05) is 13.2 Å². The minimum Gasteiger partial charge on any atom is -0.381 e. The standard InChI is InChI=1S/C11H17NO2/c12-6-2-10-1-3-11(9-14-10)4-7-13-8-5-11/h10H,1-5,7-9H2. The lowest BCUT2D eigenvalue weighted by atomic mass is 9.75. The molecule has 0 aromatic rings. The molecule has 0 amide bonds. The monoisotopic (exact) mass is 195 g/mol. The highest BCUT2D eigenvalue weighted by Crippen LogP contribution is 2.40. The third kappa shape index (κ3) is 2.08. The molecular formula is C11H17NO2. The van der Waals surface area contributed by atoms with E-state index in [0.29, 0.717) is 11.8 Å². The predicted octanol–water partition coefficient (Wildman–Crippen LogP) is 1.88. The van der Waals surface area contributed by atoms with Crippen molar-refractivity contribution in [1.29, 1.82) is 5.26 Å². The van der Waals surface area contributed by atoms with E-state index in [-0.39, 0.29) is 6.10 Å². The SMILES string of the molecule is N#CCC1CCC2(CCOCC2)CO1. The number of nitrogens with zero attached hydrogens (tertiary/aromatic N) is 1. The summed E-state index contributed by atoms with van der Waals surface area (Å²) in [6.07, 6.45) is 5.26. The van der Waals surface area contributed by atoms with Crippen LogP contribution in [0, 0.1) is 16.7 Å². The topological polar surface area (TPSA) is 42.2 Å². The van der Waals surface area contributed by atoms with E-state index in [9.17, 15) is 0 Å². The van der Waals surface area contributed by atoms with Gasteiger partial charge in [0.15, 0.2) is 0 Å². The van der Waals surface area contributed by atoms with Crippen molar-refractivity contribution in [1.82, 2.24) is 0 Å². The molecule has 14 heavy (non-hydrogen) atoms. The van der Waals surface area contributed by atoms with Gasteiger partial charge in [0.1, 0.15) is 0 Å². The van der Waals surface area contributed by atoms with Crippen molar-refractivity contribution in [2.45, 2.75) is 38.2 Å². The van der Waals surface area contributed by atoms with Gasteiger partial charge in [0.25, 0.3) is 0 Å². The second-order valence-corrected chi connectivity index (χ2v) is 4.45. The number of nitriles is 1. The van der Waals surface area contributed by atoms with Gasteiger partial charge in [0.05, 0.1) is 25.2 Å². The summed E-state index contributed by atoms with van der Waals surface area (Å²) in [5.41, 5.74) is 0.379. The van der Waals surface area contributed by atoms with Gasteiger partial charge in [-0.3, -0.25) is 0 Å². The van der Waals surface area contributed by atoms with Crippen LogP contribution in [0.3, 0.4) is 0 Å². The van der Waals surface area contributed by atoms with Crippen LogP contribution in [0.15, 0.2) is 0 Å². The van der Waals surface area contributed by atoms with Crippen molar-refractivity contribution < 1.29 is 9.47 Å². The summed E-state index contributed by atoms with van der Waals surface area (Å²) in [6.45, 7) is 2.60. The second-order valence-electron chi connectivity index (χ2n) is 4.45. The highest BCUT2D eigenvalue weighted by molar-refractivity contribution is 4.88. The van der Waals surface area contributed by atoms with Gasteiger partial charge in [-0.05, 0) is 31.1 Å². The predicted molar refractivity (Wildman–Crippen MR) is 51.7 cm³/mol. The van der Waals surface area contributed by atoms with Gasteiger partial charge >= 0.3 is 0 Å². The number of hydrogen-bond acceptors (Lipinski definition) is 3. The fourth-order valence-corrected chi connectivity index (χ4v) is 2.38. The smallest absolute Gasteiger partial charge is 0.0705 e. The van der Waals surface area contributed by atoms with Crippen LogP contribution >= 0.6 is 0 Å². The average molecular weight is 195 g/mol. The lowest BCUT2D eigenvalue weighted by Crippen LogP contribution is -2.40. The van der Waals surface area contributed by atoms with E-state index in [0.717, 1.165) is 39.1 Å². The Kier molecular flexibility index (Phi) is 3.05. The summed E-state index contributed by atoms with van der Waals surface area (Å²) in [5, 5.41) is 8.57. The molecule has 0 bridgehead atoms. The molecule has 3 nitrogen and oxygen atoms in total. The molecule has 0 aromatic heterocycles. The summed E-state index contributed by atoms with van der Waals surface area (Å²) >= 11 is 0. The van der Waals surface area contributed by atoms with Crippen LogP contribution < -0.4 is 0 Å². The van der Waals surface area contributed by atoms with E-state index in [1.54, 1.807) is 0 Å². The van der Waals surface area contributed by atoms with E-state index >= 15 is 0 Å². The first-order chi connectivity index (χ1) is 6.85. The first kappa shape index (κ1) is 9.95. The Hall–Kier alpha value is -0.590. The minimum atomic E-state index is 0.188. The van der Waals surface area contributed by atoms with Gasteiger partial charge < -0.3 is 9.47 Å². The van der Waals surface area contributed by atoms with Gasteiger partial charge in [-0.2, -0.15) is 5.26 Å². The molecule has 0 aliphatic carbocycles. The molecule has 0 saturated carbocycles. The van der Waals surface area contributed by atoms with Gasteiger partial charge in [-0.1, -0.05) is 0 Å². The number of ether oxygens (including phenoxy) is 2. The van der Waals surface area contributed by atoms with E-state index in [2.05, 4.69) is 6.07 Å². The Balaban J connectivity index is 1.85. The number of hydrogen-bond donors (Lipinski definition) is 0. The van der Waals surface area contributed by atoms with E-state index in [4.69, 9.17) is 14.7 Å². The third-order valence-corrected chi connectivity index (χ3v) is 3.49. The highest BCUT2D eigenvalue weighted by atomic mass is 16.5. The van der Waals surface area contributed by atoms with Crippen LogP contribution in [0.5, 0.6) is 0 Å². The maximum absolute atomic E-state index is 8.57. The maximum Gasteiger partial charge on any atom is 0.0705 e. The van der Waals surface area contributed by atoms with Crippen LogP contribution in [0.1, 0.15) is 32.1 Å². The normalized spacial score (nSPS) is 31.2. The summed E-state index contributed by atoms with van der Waals surface area (Å²) < 4.78 is 11.1. The fourth-order valence-electron chi connectivity index (χ4n) is 2.38. The molecule has 2 rings (SSSR count). The zero-order valence-corrected chi connectivity index (χ0v) is 8.50. The minimum absolute atomic E-state index is 0.188. The summed E-state index contributed by atoms with van der Waals surface area (Å²) in [4.78, 5) is 0. The molecule has 2 fully saturated rings. The van der Waals surface area contributed by atoms with Crippen molar-refractivity contribution in [2.24, 2.45) is 5.41 Å². The molecule has 0 radical (unpaired) electrons. The van der Waals surface area contributed by atoms with Gasteiger partial charge in [-0.25, -0.2) is 0 Å². The zero-order valence-electron chi connectivity index (χ0n) is 8.50. The molecule has 78 valence electrons. The van der Waals surface area contributed by atoms with E-state index in [1.807, 2.05) is 0 Å². The molecule has 2 saturated heterocycles. The lowest BCUT2D eigenvalue weighted by molar-refractivity contribution is -0.103. The molecule has 2 heterocycles. The molecular weight excluding hydrogens is 178 g/mol. The van der Waals surface area contributed by atoms with E-state index in [1.165, 1.54) is 6.42 Å². The average Bonchev–Trinajstić information content (AvgIpc) is 2.24. The number of rotatable bonds is 1. The Morgan fingerprint density at radius 3 is 2.64 bits per heavy atom. The summed E-state index contributed by atoms with van der Waals surface area (Å²) in [7, 11) is 0. The van der Waals surface area contributed by atoms with Crippen molar-refractivity contribution in [3.63, 3.8) is 0 Å². The quantitative estimate of drug-likeness (QED) is 0.641.